The maximum absolute atomic E-state index is 14.8. The van der Waals surface area contributed by atoms with Gasteiger partial charge in [0, 0.05) is 11.7 Å². The lowest BCUT2D eigenvalue weighted by atomic mass is 9.76. The first-order chi connectivity index (χ1) is 17.0. The number of nitrogens with zero attached hydrogens (tertiary/aromatic N) is 2. The zero-order valence-electron chi connectivity index (χ0n) is 18.6. The fourth-order valence-corrected chi connectivity index (χ4v) is 4.60. The van der Waals surface area contributed by atoms with Crippen molar-refractivity contribution in [3.05, 3.63) is 144 Å². The first-order valence-corrected chi connectivity index (χ1v) is 11.1. The molecule has 0 radical (unpaired) electrons. The molecular weight excluding hydrogens is 445 g/mol. The third kappa shape index (κ3) is 3.85. The lowest BCUT2D eigenvalue weighted by molar-refractivity contribution is 0.425. The summed E-state index contributed by atoms with van der Waals surface area (Å²) < 4.78 is 31.2. The Morgan fingerprint density at radius 1 is 0.629 bits per heavy atom. The highest BCUT2D eigenvalue weighted by Crippen LogP contribution is 2.40. The summed E-state index contributed by atoms with van der Waals surface area (Å²) in [7, 11) is -2.00. The summed E-state index contributed by atoms with van der Waals surface area (Å²) in [5, 5.41) is 25.0. The molecule has 5 aromatic rings. The van der Waals surface area contributed by atoms with Gasteiger partial charge in [-0.3, -0.25) is 4.68 Å². The van der Waals surface area contributed by atoms with Crippen molar-refractivity contribution in [2.24, 2.45) is 0 Å². The van der Waals surface area contributed by atoms with Crippen LogP contribution in [0.3, 0.4) is 0 Å². The molecular formula is C28H21BF2N2O2. The molecule has 172 valence electrons. The second-order valence-electron chi connectivity index (χ2n) is 8.16. The minimum atomic E-state index is -2.00. The van der Waals surface area contributed by atoms with E-state index in [4.69, 9.17) is 0 Å². The third-order valence-electron chi connectivity index (χ3n) is 6.14. The van der Waals surface area contributed by atoms with E-state index < -0.39 is 29.9 Å². The summed E-state index contributed by atoms with van der Waals surface area (Å²) in [6.07, 6.45) is 1.44. The van der Waals surface area contributed by atoms with Gasteiger partial charge in [-0.15, -0.1) is 0 Å². The van der Waals surface area contributed by atoms with Crippen LogP contribution in [0.4, 0.5) is 8.78 Å². The van der Waals surface area contributed by atoms with Gasteiger partial charge in [-0.05, 0) is 28.8 Å². The van der Waals surface area contributed by atoms with E-state index in [1.165, 1.54) is 12.3 Å². The van der Waals surface area contributed by atoms with E-state index in [-0.39, 0.29) is 11.2 Å². The Morgan fingerprint density at radius 3 is 1.46 bits per heavy atom. The van der Waals surface area contributed by atoms with Gasteiger partial charge in [-0.25, -0.2) is 8.78 Å². The number of benzene rings is 4. The number of aromatic nitrogens is 2. The van der Waals surface area contributed by atoms with Crippen LogP contribution in [0.5, 0.6) is 0 Å². The highest BCUT2D eigenvalue weighted by atomic mass is 19.1. The molecule has 4 aromatic carbocycles. The third-order valence-corrected chi connectivity index (χ3v) is 6.14. The fourth-order valence-electron chi connectivity index (χ4n) is 4.60. The quantitative estimate of drug-likeness (QED) is 0.289. The molecule has 1 aromatic heterocycles. The lowest BCUT2D eigenvalue weighted by Crippen LogP contribution is -2.39. The maximum atomic E-state index is 14.8. The molecule has 7 heteroatoms. The number of halogens is 2. The molecule has 4 nitrogen and oxygen atoms in total. The van der Waals surface area contributed by atoms with Gasteiger partial charge in [0.25, 0.3) is 0 Å². The molecule has 0 atom stereocenters. The predicted molar refractivity (Wildman–Crippen MR) is 132 cm³/mol. The van der Waals surface area contributed by atoms with Gasteiger partial charge in [0.15, 0.2) is 0 Å². The van der Waals surface area contributed by atoms with E-state index >= 15 is 0 Å². The molecule has 0 aliphatic heterocycles. The van der Waals surface area contributed by atoms with Crippen molar-refractivity contribution in [3.63, 3.8) is 0 Å². The van der Waals surface area contributed by atoms with E-state index in [1.54, 1.807) is 4.68 Å². The molecule has 0 spiro atoms. The summed E-state index contributed by atoms with van der Waals surface area (Å²) in [5.41, 5.74) is 0.715. The van der Waals surface area contributed by atoms with Crippen molar-refractivity contribution in [3.8, 4) is 11.3 Å². The van der Waals surface area contributed by atoms with Crippen LogP contribution in [0.1, 0.15) is 16.7 Å². The average molecular weight is 466 g/mol. The van der Waals surface area contributed by atoms with Crippen LogP contribution in [0, 0.1) is 11.6 Å². The largest absolute Gasteiger partial charge is 0.492 e. The molecule has 0 fully saturated rings. The van der Waals surface area contributed by atoms with Crippen molar-refractivity contribution in [1.82, 2.24) is 9.78 Å². The van der Waals surface area contributed by atoms with Crippen molar-refractivity contribution >= 4 is 12.6 Å². The molecule has 0 aliphatic rings. The molecule has 0 aliphatic carbocycles. The predicted octanol–water partition coefficient (Wildman–Crippen LogP) is 4.35. The van der Waals surface area contributed by atoms with E-state index in [0.717, 1.165) is 28.8 Å². The summed E-state index contributed by atoms with van der Waals surface area (Å²) >= 11 is 0. The zero-order valence-corrected chi connectivity index (χ0v) is 18.6. The Morgan fingerprint density at radius 2 is 1.06 bits per heavy atom. The maximum Gasteiger partial charge on any atom is 0.492 e. The van der Waals surface area contributed by atoms with Crippen LogP contribution >= 0.6 is 0 Å². The van der Waals surface area contributed by atoms with Crippen LogP contribution < -0.4 is 5.46 Å². The minimum absolute atomic E-state index is 0.110. The van der Waals surface area contributed by atoms with E-state index in [0.29, 0.717) is 0 Å². The van der Waals surface area contributed by atoms with Gasteiger partial charge >= 0.3 is 7.12 Å². The monoisotopic (exact) mass is 466 g/mol. The van der Waals surface area contributed by atoms with Crippen LogP contribution in [0.25, 0.3) is 11.3 Å². The summed E-state index contributed by atoms with van der Waals surface area (Å²) in [4.78, 5) is 0. The molecule has 2 N–H and O–H groups in total. The first-order valence-electron chi connectivity index (χ1n) is 11.1. The van der Waals surface area contributed by atoms with E-state index in [9.17, 15) is 18.8 Å². The molecule has 0 saturated carbocycles. The van der Waals surface area contributed by atoms with Crippen LogP contribution in [0.2, 0.25) is 0 Å². The fraction of sp³-hybridized carbons (Fsp3) is 0.0357. The number of rotatable bonds is 6. The molecule has 1 heterocycles. The molecule has 0 amide bonds. The van der Waals surface area contributed by atoms with Crippen molar-refractivity contribution in [2.75, 3.05) is 0 Å². The van der Waals surface area contributed by atoms with Crippen molar-refractivity contribution in [1.29, 1.82) is 0 Å². The summed E-state index contributed by atoms with van der Waals surface area (Å²) in [6.45, 7) is 0. The SMILES string of the molecule is OB(O)c1cn(C(c2ccccc2)(c2ccccc2)c2ccccc2)nc1-c1c(F)cccc1F. The van der Waals surface area contributed by atoms with Crippen LogP contribution in [0.15, 0.2) is 115 Å². The van der Waals surface area contributed by atoms with E-state index in [1.807, 2.05) is 91.0 Å². The molecule has 35 heavy (non-hydrogen) atoms. The second-order valence-corrected chi connectivity index (χ2v) is 8.16. The minimum Gasteiger partial charge on any atom is -0.423 e. The van der Waals surface area contributed by atoms with Gasteiger partial charge in [-0.1, -0.05) is 97.1 Å². The summed E-state index contributed by atoms with van der Waals surface area (Å²) in [5.74, 6) is -1.69. The Balaban J connectivity index is 1.91. The highest BCUT2D eigenvalue weighted by molar-refractivity contribution is 6.60. The standard InChI is InChI=1S/C28H21BF2N2O2/c30-24-17-10-18-25(31)26(24)27-23(29(34)35)19-33(32-27)28(20-11-4-1-5-12-20,21-13-6-2-7-14-21)22-15-8-3-9-16-22/h1-19,34-35H. The Hall–Kier alpha value is -4.07. The van der Waals surface area contributed by atoms with Gasteiger partial charge in [-0.2, -0.15) is 5.10 Å². The van der Waals surface area contributed by atoms with Crippen LogP contribution in [-0.2, 0) is 5.54 Å². The Kier molecular flexibility index (Phi) is 6.03. The lowest BCUT2D eigenvalue weighted by Gasteiger charge is -2.36. The van der Waals surface area contributed by atoms with Crippen molar-refractivity contribution in [2.45, 2.75) is 5.54 Å². The van der Waals surface area contributed by atoms with Gasteiger partial charge in [0.2, 0.25) is 0 Å². The van der Waals surface area contributed by atoms with Crippen molar-refractivity contribution < 1.29 is 18.8 Å². The Labute approximate surface area is 201 Å². The van der Waals surface area contributed by atoms with Gasteiger partial charge in [0.1, 0.15) is 17.2 Å². The second kappa shape index (κ2) is 9.29. The molecule has 0 bridgehead atoms. The van der Waals surface area contributed by atoms with E-state index in [2.05, 4.69) is 5.10 Å². The highest BCUT2D eigenvalue weighted by Gasteiger charge is 2.41. The van der Waals surface area contributed by atoms with Gasteiger partial charge < -0.3 is 10.0 Å². The number of hydrogen-bond acceptors (Lipinski definition) is 3. The molecule has 0 unspecified atom stereocenters. The van der Waals surface area contributed by atoms with Gasteiger partial charge in [0.05, 0.1) is 11.3 Å². The molecule has 0 saturated heterocycles. The molecule has 5 rings (SSSR count). The smallest absolute Gasteiger partial charge is 0.423 e. The Bertz CT molecular complexity index is 1330. The zero-order chi connectivity index (χ0) is 24.4. The summed E-state index contributed by atoms with van der Waals surface area (Å²) in [6, 6.07) is 32.3. The average Bonchev–Trinajstić information content (AvgIpc) is 3.32. The first kappa shape index (κ1) is 22.7. The van der Waals surface area contributed by atoms with Crippen LogP contribution in [-0.4, -0.2) is 26.9 Å². The number of hydrogen-bond donors (Lipinski definition) is 2. The normalized spacial score (nSPS) is 11.4. The topological polar surface area (TPSA) is 58.3 Å².